The number of para-hydroxylation sites is 1. The van der Waals surface area contributed by atoms with Gasteiger partial charge in [-0.15, -0.1) is 0 Å². The largest absolute Gasteiger partial charge is 0.341 e. The van der Waals surface area contributed by atoms with Crippen LogP contribution in [0.5, 0.6) is 0 Å². The first-order valence-corrected chi connectivity index (χ1v) is 9.75. The normalized spacial score (nSPS) is 15.0. The van der Waals surface area contributed by atoms with Crippen LogP contribution < -0.4 is 15.9 Å². The number of amides is 1. The van der Waals surface area contributed by atoms with Gasteiger partial charge >= 0.3 is 0 Å². The molecule has 6 nitrogen and oxygen atoms in total. The molecule has 3 aromatic rings. The molecule has 1 fully saturated rings. The molecule has 1 aliphatic rings. The lowest BCUT2D eigenvalue weighted by Gasteiger charge is -2.23. The van der Waals surface area contributed by atoms with Crippen LogP contribution in [0.15, 0.2) is 53.3 Å². The summed E-state index contributed by atoms with van der Waals surface area (Å²) in [5, 5.41) is 1.09. The van der Waals surface area contributed by atoms with Gasteiger partial charge in [0, 0.05) is 18.1 Å². The highest BCUT2D eigenvalue weighted by Gasteiger charge is 2.23. The van der Waals surface area contributed by atoms with E-state index >= 15 is 0 Å². The van der Waals surface area contributed by atoms with Gasteiger partial charge in [0.15, 0.2) is 0 Å². The zero-order chi connectivity index (χ0) is 19.7. The molecule has 1 aliphatic heterocycles. The first-order chi connectivity index (χ1) is 13.5. The van der Waals surface area contributed by atoms with Crippen LogP contribution >= 0.6 is 11.6 Å². The number of halogens is 1. The summed E-state index contributed by atoms with van der Waals surface area (Å²) in [5.41, 5.74) is 3.97. The van der Waals surface area contributed by atoms with Gasteiger partial charge in [0.2, 0.25) is 11.9 Å². The minimum absolute atomic E-state index is 0.274. The Hall–Kier alpha value is -2.86. The Kier molecular flexibility index (Phi) is 5.05. The van der Waals surface area contributed by atoms with E-state index in [0.717, 1.165) is 31.5 Å². The molecule has 1 N–H and O–H groups in total. The number of benzene rings is 2. The fourth-order valence-corrected chi connectivity index (χ4v) is 3.59. The van der Waals surface area contributed by atoms with E-state index in [0.29, 0.717) is 21.9 Å². The number of nitrogens with zero attached hydrogens (tertiary/aromatic N) is 3. The standard InChI is InChI=1S/C21H21ClN4O2/c1-14(15-8-10-16(22)11-9-15)19(27)24-26-20(28)17-6-2-3-7-18(17)23-21(26)25-12-4-5-13-25/h2-3,6-11,14H,4-5,12-13H2,1H3,(H,24,27)/t14-/m0/s1. The molecule has 0 saturated carbocycles. The lowest BCUT2D eigenvalue weighted by Crippen LogP contribution is -2.40. The highest BCUT2D eigenvalue weighted by molar-refractivity contribution is 6.30. The van der Waals surface area contributed by atoms with Gasteiger partial charge in [0.25, 0.3) is 5.56 Å². The number of nitrogens with one attached hydrogen (secondary N) is 1. The smallest absolute Gasteiger partial charge is 0.281 e. The van der Waals surface area contributed by atoms with Crippen LogP contribution in [-0.2, 0) is 4.79 Å². The van der Waals surface area contributed by atoms with Crippen LogP contribution in [0.3, 0.4) is 0 Å². The second kappa shape index (κ2) is 7.64. The van der Waals surface area contributed by atoms with E-state index in [-0.39, 0.29) is 11.5 Å². The predicted molar refractivity (Wildman–Crippen MR) is 112 cm³/mol. The SMILES string of the molecule is C[C@H](C(=O)Nn1c(N2CCCC2)nc2ccccc2c1=O)c1ccc(Cl)cc1. The van der Waals surface area contributed by atoms with Gasteiger partial charge in [-0.25, -0.2) is 4.98 Å². The Morgan fingerprint density at radius 2 is 1.79 bits per heavy atom. The van der Waals surface area contributed by atoms with Crippen molar-refractivity contribution >= 4 is 34.4 Å². The second-order valence-corrected chi connectivity index (χ2v) is 7.45. The minimum Gasteiger partial charge on any atom is -0.341 e. The molecular formula is C21H21ClN4O2. The highest BCUT2D eigenvalue weighted by atomic mass is 35.5. The van der Waals surface area contributed by atoms with Gasteiger partial charge in [0.05, 0.1) is 16.8 Å². The number of hydrogen-bond acceptors (Lipinski definition) is 4. The van der Waals surface area contributed by atoms with Gasteiger partial charge in [-0.1, -0.05) is 35.9 Å². The van der Waals surface area contributed by atoms with Crippen molar-refractivity contribution in [1.29, 1.82) is 0 Å². The Bertz CT molecular complexity index is 1070. The van der Waals surface area contributed by atoms with Crippen LogP contribution in [0, 0.1) is 0 Å². The topological polar surface area (TPSA) is 67.2 Å². The summed E-state index contributed by atoms with van der Waals surface area (Å²) in [4.78, 5) is 32.7. The summed E-state index contributed by atoms with van der Waals surface area (Å²) in [6, 6.07) is 14.3. The molecule has 0 bridgehead atoms. The number of fused-ring (bicyclic) bond motifs is 1. The Labute approximate surface area is 167 Å². The maximum Gasteiger partial charge on any atom is 0.281 e. The number of rotatable bonds is 4. The second-order valence-electron chi connectivity index (χ2n) is 7.01. The molecule has 28 heavy (non-hydrogen) atoms. The Morgan fingerprint density at radius 3 is 2.50 bits per heavy atom. The van der Waals surface area contributed by atoms with Gasteiger partial charge in [0.1, 0.15) is 0 Å². The van der Waals surface area contributed by atoms with Crippen molar-refractivity contribution in [2.45, 2.75) is 25.7 Å². The van der Waals surface area contributed by atoms with Crippen LogP contribution in [0.1, 0.15) is 31.2 Å². The Morgan fingerprint density at radius 1 is 1.11 bits per heavy atom. The lowest BCUT2D eigenvalue weighted by molar-refractivity contribution is -0.118. The van der Waals surface area contributed by atoms with Crippen molar-refractivity contribution in [3.63, 3.8) is 0 Å². The molecule has 1 aromatic heterocycles. The number of aromatic nitrogens is 2. The summed E-state index contributed by atoms with van der Waals surface area (Å²) in [6.07, 6.45) is 2.08. The number of anilines is 1. The van der Waals surface area contributed by atoms with Crippen LogP contribution in [-0.4, -0.2) is 28.7 Å². The average Bonchev–Trinajstić information content (AvgIpc) is 3.24. The fourth-order valence-electron chi connectivity index (χ4n) is 3.46. The van der Waals surface area contributed by atoms with Crippen molar-refractivity contribution in [1.82, 2.24) is 9.66 Å². The third-order valence-electron chi connectivity index (χ3n) is 5.13. The molecule has 0 unspecified atom stereocenters. The van der Waals surface area contributed by atoms with Gasteiger partial charge < -0.3 is 4.90 Å². The first-order valence-electron chi connectivity index (χ1n) is 9.37. The van der Waals surface area contributed by atoms with Crippen molar-refractivity contribution in [3.8, 4) is 0 Å². The van der Waals surface area contributed by atoms with E-state index in [2.05, 4.69) is 10.4 Å². The fraction of sp³-hybridized carbons (Fsp3) is 0.286. The van der Waals surface area contributed by atoms with Crippen molar-refractivity contribution in [3.05, 3.63) is 69.5 Å². The summed E-state index contributed by atoms with van der Waals surface area (Å²) in [6.45, 7) is 3.42. The zero-order valence-corrected chi connectivity index (χ0v) is 16.3. The molecule has 2 heterocycles. The van der Waals surface area contributed by atoms with Crippen molar-refractivity contribution in [2.24, 2.45) is 0 Å². The molecule has 4 rings (SSSR count). The number of carbonyl (C=O) groups is 1. The van der Waals surface area contributed by atoms with E-state index in [1.54, 1.807) is 31.2 Å². The maximum absolute atomic E-state index is 13.1. The molecule has 0 aliphatic carbocycles. The van der Waals surface area contributed by atoms with Crippen LogP contribution in [0.2, 0.25) is 5.02 Å². The van der Waals surface area contributed by atoms with Gasteiger partial charge in [-0.05, 0) is 49.6 Å². The molecule has 1 saturated heterocycles. The highest BCUT2D eigenvalue weighted by Crippen LogP contribution is 2.21. The molecule has 7 heteroatoms. The molecule has 1 atom stereocenters. The summed E-state index contributed by atoms with van der Waals surface area (Å²) < 4.78 is 1.29. The van der Waals surface area contributed by atoms with Crippen LogP contribution in [0.4, 0.5) is 5.95 Å². The molecule has 0 radical (unpaired) electrons. The monoisotopic (exact) mass is 396 g/mol. The molecule has 0 spiro atoms. The minimum atomic E-state index is -0.443. The van der Waals surface area contributed by atoms with E-state index in [9.17, 15) is 9.59 Å². The third-order valence-corrected chi connectivity index (χ3v) is 5.38. The lowest BCUT2D eigenvalue weighted by atomic mass is 10.0. The van der Waals surface area contributed by atoms with Crippen molar-refractivity contribution < 1.29 is 4.79 Å². The van der Waals surface area contributed by atoms with E-state index in [1.165, 1.54) is 4.68 Å². The summed E-state index contributed by atoms with van der Waals surface area (Å²) in [7, 11) is 0. The van der Waals surface area contributed by atoms with Crippen molar-refractivity contribution in [2.75, 3.05) is 23.4 Å². The summed E-state index contributed by atoms with van der Waals surface area (Å²) in [5.74, 6) is -0.234. The molecular weight excluding hydrogens is 376 g/mol. The van der Waals surface area contributed by atoms with Crippen LogP contribution in [0.25, 0.3) is 10.9 Å². The average molecular weight is 397 g/mol. The molecule has 144 valence electrons. The molecule has 2 aromatic carbocycles. The third kappa shape index (κ3) is 3.47. The first kappa shape index (κ1) is 18.5. The molecule has 1 amide bonds. The Balaban J connectivity index is 1.73. The van der Waals surface area contributed by atoms with Gasteiger partial charge in [-0.2, -0.15) is 4.68 Å². The number of carbonyl (C=O) groups excluding carboxylic acids is 1. The quantitative estimate of drug-likeness (QED) is 0.732. The van der Waals surface area contributed by atoms with E-state index < -0.39 is 5.92 Å². The zero-order valence-electron chi connectivity index (χ0n) is 15.6. The predicted octanol–water partition coefficient (Wildman–Crippen LogP) is 3.52. The van der Waals surface area contributed by atoms with Gasteiger partial charge in [-0.3, -0.25) is 15.0 Å². The number of hydrogen-bond donors (Lipinski definition) is 1. The summed E-state index contributed by atoms with van der Waals surface area (Å²) >= 11 is 5.94. The van der Waals surface area contributed by atoms with E-state index in [4.69, 9.17) is 11.6 Å². The van der Waals surface area contributed by atoms with E-state index in [1.807, 2.05) is 29.2 Å². The maximum atomic E-state index is 13.1.